The van der Waals surface area contributed by atoms with E-state index in [4.69, 9.17) is 0 Å². The molecule has 172 valence electrons. The molecule has 12 heteroatoms. The summed E-state index contributed by atoms with van der Waals surface area (Å²) >= 11 is 0. The number of nitro groups is 1. The van der Waals surface area contributed by atoms with Crippen molar-refractivity contribution in [3.05, 3.63) is 76.1 Å². The van der Waals surface area contributed by atoms with Crippen molar-refractivity contribution in [1.82, 2.24) is 19.0 Å². The summed E-state index contributed by atoms with van der Waals surface area (Å²) in [5, 5.41) is 25.2. The van der Waals surface area contributed by atoms with Gasteiger partial charge in [-0.05, 0) is 36.8 Å². The monoisotopic (exact) mass is 471 g/mol. The number of nitrogens with zero attached hydrogens (tertiary/aromatic N) is 5. The Morgan fingerprint density at radius 1 is 1.09 bits per heavy atom. The molecule has 0 aliphatic carbocycles. The smallest absolute Gasteiger partial charge is 0.274 e. The summed E-state index contributed by atoms with van der Waals surface area (Å²) in [6.45, 7) is 2.21. The summed E-state index contributed by atoms with van der Waals surface area (Å²) in [5.41, 5.74) is 1.21. The van der Waals surface area contributed by atoms with Crippen LogP contribution >= 0.6 is 0 Å². The van der Waals surface area contributed by atoms with E-state index in [9.17, 15) is 28.4 Å². The first-order chi connectivity index (χ1) is 15.7. The van der Waals surface area contributed by atoms with Crippen molar-refractivity contribution in [2.45, 2.75) is 11.8 Å². The van der Waals surface area contributed by atoms with Gasteiger partial charge >= 0.3 is 0 Å². The minimum absolute atomic E-state index is 0.0764. The van der Waals surface area contributed by atoms with Crippen molar-refractivity contribution in [1.29, 1.82) is 0 Å². The van der Waals surface area contributed by atoms with Crippen molar-refractivity contribution in [3.8, 4) is 11.4 Å². The topological polar surface area (TPSA) is 139 Å². The van der Waals surface area contributed by atoms with Crippen LogP contribution in [0.1, 0.15) is 16.1 Å². The lowest BCUT2D eigenvalue weighted by Crippen LogP contribution is -2.50. The number of aryl methyl sites for hydroxylation is 1. The van der Waals surface area contributed by atoms with Crippen molar-refractivity contribution in [3.63, 3.8) is 0 Å². The largest absolute Gasteiger partial charge is 0.507 e. The molecule has 2 aromatic carbocycles. The molecule has 2 heterocycles. The number of phenols is 1. The molecule has 0 radical (unpaired) electrons. The van der Waals surface area contributed by atoms with Crippen LogP contribution in [0.3, 0.4) is 0 Å². The summed E-state index contributed by atoms with van der Waals surface area (Å²) in [5.74, 6) is -0.680. The highest BCUT2D eigenvalue weighted by Crippen LogP contribution is 2.27. The number of aromatic hydroxyl groups is 1. The zero-order valence-electron chi connectivity index (χ0n) is 17.7. The zero-order valence-corrected chi connectivity index (χ0v) is 18.5. The molecule has 1 saturated heterocycles. The second kappa shape index (κ2) is 8.64. The van der Waals surface area contributed by atoms with Gasteiger partial charge in [0.2, 0.25) is 10.0 Å². The van der Waals surface area contributed by atoms with E-state index in [2.05, 4.69) is 5.10 Å². The predicted octanol–water partition coefficient (Wildman–Crippen LogP) is 1.94. The number of benzene rings is 2. The quantitative estimate of drug-likeness (QED) is 0.443. The fraction of sp³-hybridized carbons (Fsp3) is 0.238. The molecule has 1 aliphatic rings. The second-order valence-electron chi connectivity index (χ2n) is 7.59. The SMILES string of the molecule is Cc1ccc(O)c(S(=O)(=O)N2CCN(C(=O)c3ccn(-c4cccc([N+](=O)[O-])c4)n3)CC2)c1. The number of carbonyl (C=O) groups excluding carboxylic acids is 1. The number of phenolic OH excluding ortho intramolecular Hbond substituents is 1. The van der Waals surface area contributed by atoms with Crippen LogP contribution in [0, 0.1) is 17.0 Å². The Morgan fingerprint density at radius 3 is 2.52 bits per heavy atom. The van der Waals surface area contributed by atoms with Crippen LogP contribution in [0.4, 0.5) is 5.69 Å². The van der Waals surface area contributed by atoms with Gasteiger partial charge in [-0.15, -0.1) is 0 Å². The molecule has 1 amide bonds. The van der Waals surface area contributed by atoms with E-state index in [1.165, 1.54) is 56.5 Å². The highest BCUT2D eigenvalue weighted by Gasteiger charge is 2.32. The molecule has 4 rings (SSSR count). The molecule has 0 saturated carbocycles. The first kappa shape index (κ1) is 22.4. The average molecular weight is 471 g/mol. The van der Waals surface area contributed by atoms with E-state index in [0.717, 1.165) is 0 Å². The number of hydrogen-bond acceptors (Lipinski definition) is 7. The van der Waals surface area contributed by atoms with Gasteiger partial charge in [-0.1, -0.05) is 12.1 Å². The number of non-ortho nitro benzene ring substituents is 1. The van der Waals surface area contributed by atoms with Gasteiger partial charge in [0.15, 0.2) is 5.69 Å². The number of amides is 1. The Labute approximate surface area is 189 Å². The minimum atomic E-state index is -3.90. The van der Waals surface area contributed by atoms with Crippen molar-refractivity contribution in [2.75, 3.05) is 26.2 Å². The molecular weight excluding hydrogens is 450 g/mol. The molecule has 0 spiro atoms. The number of aromatic nitrogens is 2. The fourth-order valence-corrected chi connectivity index (χ4v) is 5.18. The van der Waals surface area contributed by atoms with Crippen molar-refractivity contribution < 1.29 is 23.2 Å². The first-order valence-corrected chi connectivity index (χ1v) is 11.5. The third kappa shape index (κ3) is 4.43. The van der Waals surface area contributed by atoms with Crippen LogP contribution in [0.15, 0.2) is 59.6 Å². The van der Waals surface area contributed by atoms with Crippen molar-refractivity contribution >= 4 is 21.6 Å². The summed E-state index contributed by atoms with van der Waals surface area (Å²) in [7, 11) is -3.90. The van der Waals surface area contributed by atoms with E-state index in [1.807, 2.05) is 0 Å². The van der Waals surface area contributed by atoms with Gasteiger partial charge in [-0.2, -0.15) is 9.40 Å². The van der Waals surface area contributed by atoms with Crippen LogP contribution in [0.5, 0.6) is 5.75 Å². The van der Waals surface area contributed by atoms with E-state index < -0.39 is 14.9 Å². The summed E-state index contributed by atoms with van der Waals surface area (Å²) < 4.78 is 28.5. The summed E-state index contributed by atoms with van der Waals surface area (Å²) in [4.78, 5) is 24.7. The molecule has 0 bridgehead atoms. The Balaban J connectivity index is 1.46. The molecular formula is C21H21N5O6S. The Kier molecular flexibility index (Phi) is 5.87. The first-order valence-electron chi connectivity index (χ1n) is 10.1. The minimum Gasteiger partial charge on any atom is -0.507 e. The summed E-state index contributed by atoms with van der Waals surface area (Å²) in [6, 6.07) is 11.8. The van der Waals surface area contributed by atoms with Crippen LogP contribution in [0.2, 0.25) is 0 Å². The second-order valence-corrected chi connectivity index (χ2v) is 9.50. The van der Waals surface area contributed by atoms with Crippen LogP contribution in [-0.2, 0) is 10.0 Å². The zero-order chi connectivity index (χ0) is 23.8. The fourth-order valence-electron chi connectivity index (χ4n) is 3.59. The molecule has 1 aromatic heterocycles. The van der Waals surface area contributed by atoms with Crippen LogP contribution in [-0.4, -0.2) is 69.5 Å². The van der Waals surface area contributed by atoms with Gasteiger partial charge in [-0.3, -0.25) is 14.9 Å². The lowest BCUT2D eigenvalue weighted by molar-refractivity contribution is -0.384. The molecule has 33 heavy (non-hydrogen) atoms. The highest BCUT2D eigenvalue weighted by atomic mass is 32.2. The Bertz CT molecular complexity index is 1330. The van der Waals surface area contributed by atoms with Crippen LogP contribution in [0.25, 0.3) is 5.69 Å². The number of piperazine rings is 1. The van der Waals surface area contributed by atoms with Gasteiger partial charge in [0, 0.05) is 44.5 Å². The van der Waals surface area contributed by atoms with E-state index in [-0.39, 0.29) is 54.1 Å². The average Bonchev–Trinajstić information content (AvgIpc) is 3.30. The Hall–Kier alpha value is -3.77. The third-order valence-corrected chi connectivity index (χ3v) is 7.30. The van der Waals surface area contributed by atoms with Gasteiger partial charge < -0.3 is 10.0 Å². The molecule has 3 aromatic rings. The van der Waals surface area contributed by atoms with E-state index in [1.54, 1.807) is 19.1 Å². The van der Waals surface area contributed by atoms with Gasteiger partial charge in [0.1, 0.15) is 10.6 Å². The number of nitro benzene ring substituents is 1. The standard InChI is InChI=1S/C21H21N5O6S/c1-15-5-6-19(27)20(13-15)33(31,32)24-11-9-23(10-12-24)21(28)18-7-8-25(22-18)16-3-2-4-17(14-16)26(29)30/h2-8,13-14,27H,9-12H2,1H3. The molecule has 11 nitrogen and oxygen atoms in total. The molecule has 1 aliphatic heterocycles. The van der Waals surface area contributed by atoms with Crippen molar-refractivity contribution in [2.24, 2.45) is 0 Å². The maximum absolute atomic E-state index is 12.9. The Morgan fingerprint density at radius 2 is 1.82 bits per heavy atom. The lowest BCUT2D eigenvalue weighted by atomic mass is 10.2. The maximum atomic E-state index is 12.9. The molecule has 1 fully saturated rings. The van der Waals surface area contributed by atoms with Gasteiger partial charge in [0.05, 0.1) is 10.6 Å². The lowest BCUT2D eigenvalue weighted by Gasteiger charge is -2.33. The van der Waals surface area contributed by atoms with Gasteiger partial charge in [-0.25, -0.2) is 13.1 Å². The third-order valence-electron chi connectivity index (χ3n) is 5.37. The molecule has 0 unspecified atom stereocenters. The normalized spacial score (nSPS) is 14.9. The number of sulfonamides is 1. The van der Waals surface area contributed by atoms with E-state index in [0.29, 0.717) is 11.3 Å². The van der Waals surface area contributed by atoms with Gasteiger partial charge in [0.25, 0.3) is 11.6 Å². The molecule has 0 atom stereocenters. The number of rotatable bonds is 5. The molecule has 1 N–H and O–H groups in total. The number of hydrogen-bond donors (Lipinski definition) is 1. The number of carbonyl (C=O) groups is 1. The van der Waals surface area contributed by atoms with E-state index >= 15 is 0 Å². The summed E-state index contributed by atoms with van der Waals surface area (Å²) in [6.07, 6.45) is 1.54. The van der Waals surface area contributed by atoms with Crippen LogP contribution < -0.4 is 0 Å². The predicted molar refractivity (Wildman–Crippen MR) is 118 cm³/mol. The highest BCUT2D eigenvalue weighted by molar-refractivity contribution is 7.89. The maximum Gasteiger partial charge on any atom is 0.274 e.